The van der Waals surface area contributed by atoms with Gasteiger partial charge in [0.15, 0.2) is 9.84 Å². The molecule has 3 N–H and O–H groups in total. The van der Waals surface area contributed by atoms with Crippen LogP contribution in [0.1, 0.15) is 28.6 Å². The molecule has 24 heavy (non-hydrogen) atoms. The Kier molecular flexibility index (Phi) is 4.39. The monoisotopic (exact) mass is 369 g/mol. The number of rotatable bonds is 4. The second-order valence-electron chi connectivity index (χ2n) is 5.86. The topological polar surface area (TPSA) is 114 Å². The lowest BCUT2D eigenvalue weighted by atomic mass is 10.1. The number of hydrogen-bond acceptors (Lipinski definition) is 7. The van der Waals surface area contributed by atoms with Crippen LogP contribution in [0.2, 0.25) is 0 Å². The summed E-state index contributed by atoms with van der Waals surface area (Å²) in [5, 5.41) is 10.0. The van der Waals surface area contributed by atoms with Gasteiger partial charge in [0.2, 0.25) is 0 Å². The van der Waals surface area contributed by atoms with Gasteiger partial charge in [0.05, 0.1) is 17.2 Å². The number of aryl methyl sites for hydroxylation is 1. The van der Waals surface area contributed by atoms with E-state index in [1.165, 1.54) is 0 Å². The Bertz CT molecular complexity index is 891. The molecule has 0 aliphatic carbocycles. The van der Waals surface area contributed by atoms with Gasteiger partial charge in [-0.2, -0.15) is 0 Å². The molecule has 0 amide bonds. The summed E-state index contributed by atoms with van der Waals surface area (Å²) in [6.45, 7) is 2.85. The summed E-state index contributed by atoms with van der Waals surface area (Å²) in [6, 6.07) is 1.92. The van der Waals surface area contributed by atoms with E-state index in [9.17, 15) is 18.3 Å². The third kappa shape index (κ3) is 3.05. The van der Waals surface area contributed by atoms with E-state index in [1.807, 2.05) is 17.9 Å². The number of carboxylic acid groups (broad SMARTS) is 1. The van der Waals surface area contributed by atoms with Gasteiger partial charge in [-0.15, -0.1) is 11.3 Å². The smallest absolute Gasteiger partial charge is 0.348 e. The molecule has 0 radical (unpaired) electrons. The number of nitrogens with zero attached hydrogens (tertiary/aromatic N) is 2. The van der Waals surface area contributed by atoms with Crippen LogP contribution in [-0.2, 0) is 16.3 Å². The molecule has 2 aromatic rings. The Morgan fingerprint density at radius 3 is 2.67 bits per heavy atom. The van der Waals surface area contributed by atoms with Gasteiger partial charge >= 0.3 is 5.97 Å². The number of carboxylic acids is 1. The highest BCUT2D eigenvalue weighted by Crippen LogP contribution is 2.37. The van der Waals surface area contributed by atoms with Gasteiger partial charge in [0, 0.05) is 18.5 Å². The fourth-order valence-electron chi connectivity index (χ4n) is 2.91. The number of fused-ring (bicyclic) bond motifs is 1. The summed E-state index contributed by atoms with van der Waals surface area (Å²) in [5.41, 5.74) is 7.27. The third-order valence-electron chi connectivity index (χ3n) is 4.15. The Hall–Kier alpha value is -1.87. The van der Waals surface area contributed by atoms with E-state index >= 15 is 0 Å². The van der Waals surface area contributed by atoms with Crippen LogP contribution in [0, 0.1) is 0 Å². The molecule has 1 saturated heterocycles. The predicted octanol–water partition coefficient (Wildman–Crippen LogP) is 1.76. The first kappa shape index (κ1) is 17.0. The van der Waals surface area contributed by atoms with Gasteiger partial charge in [-0.25, -0.2) is 18.2 Å². The minimum atomic E-state index is -2.96. The Labute approximate surface area is 144 Å². The zero-order chi connectivity index (χ0) is 17.5. The lowest BCUT2D eigenvalue weighted by Gasteiger charge is -2.28. The molecule has 130 valence electrons. The second-order valence-corrected chi connectivity index (χ2v) is 9.16. The van der Waals surface area contributed by atoms with Crippen molar-refractivity contribution >= 4 is 48.9 Å². The second kappa shape index (κ2) is 6.21. The first-order valence-electron chi connectivity index (χ1n) is 7.73. The quantitative estimate of drug-likeness (QED) is 0.844. The van der Waals surface area contributed by atoms with Crippen LogP contribution >= 0.6 is 11.3 Å². The fraction of sp³-hybridized carbons (Fsp3) is 0.467. The molecule has 3 rings (SSSR count). The first-order chi connectivity index (χ1) is 11.3. The molecule has 1 aliphatic heterocycles. The first-order valence-corrected chi connectivity index (χ1v) is 10.4. The number of nitrogens with two attached hydrogens (primary N) is 1. The zero-order valence-electron chi connectivity index (χ0n) is 13.3. The van der Waals surface area contributed by atoms with Crippen molar-refractivity contribution in [3.05, 3.63) is 16.5 Å². The minimum absolute atomic E-state index is 0.105. The van der Waals surface area contributed by atoms with Gasteiger partial charge < -0.3 is 15.7 Å². The van der Waals surface area contributed by atoms with Gasteiger partial charge in [0.25, 0.3) is 0 Å². The number of aromatic carboxylic acids is 1. The fourth-order valence-corrected chi connectivity index (χ4v) is 5.09. The van der Waals surface area contributed by atoms with E-state index in [4.69, 9.17) is 5.73 Å². The molecule has 1 aliphatic rings. The maximum absolute atomic E-state index is 11.6. The average molecular weight is 369 g/mol. The van der Waals surface area contributed by atoms with Crippen molar-refractivity contribution in [2.24, 2.45) is 0 Å². The van der Waals surface area contributed by atoms with Crippen molar-refractivity contribution in [2.45, 2.75) is 19.8 Å². The number of carbonyl (C=O) groups is 1. The van der Waals surface area contributed by atoms with Gasteiger partial charge in [-0.3, -0.25) is 0 Å². The summed E-state index contributed by atoms with van der Waals surface area (Å²) in [4.78, 5) is 18.5. The zero-order valence-corrected chi connectivity index (χ0v) is 14.9. The number of aromatic nitrogens is 1. The number of nitrogen functional groups attached to an aromatic ring is 1. The van der Waals surface area contributed by atoms with E-state index in [1.54, 1.807) is 0 Å². The Morgan fingerprint density at radius 1 is 1.42 bits per heavy atom. The molecule has 0 bridgehead atoms. The van der Waals surface area contributed by atoms with Crippen LogP contribution in [0.15, 0.2) is 6.07 Å². The van der Waals surface area contributed by atoms with E-state index in [0.29, 0.717) is 29.1 Å². The van der Waals surface area contributed by atoms with E-state index in [2.05, 4.69) is 4.98 Å². The van der Waals surface area contributed by atoms with Crippen molar-refractivity contribution in [2.75, 3.05) is 35.2 Å². The number of sulfone groups is 1. The molecule has 0 aromatic carbocycles. The van der Waals surface area contributed by atoms with Gasteiger partial charge in [-0.05, 0) is 18.1 Å². The van der Waals surface area contributed by atoms with Crippen molar-refractivity contribution in [3.8, 4) is 0 Å². The molecule has 3 heterocycles. The van der Waals surface area contributed by atoms with E-state index < -0.39 is 15.8 Å². The lowest BCUT2D eigenvalue weighted by Crippen LogP contribution is -2.40. The SMILES string of the molecule is CCCc1cc(N2CCS(=O)(=O)CC2)nc2sc(C(=O)O)c(N)c12. The maximum Gasteiger partial charge on any atom is 0.348 e. The Balaban J connectivity index is 2.09. The van der Waals surface area contributed by atoms with Crippen LogP contribution in [0.3, 0.4) is 0 Å². The molecular formula is C15H19N3O4S2. The average Bonchev–Trinajstić information content (AvgIpc) is 2.85. The molecule has 2 aromatic heterocycles. The largest absolute Gasteiger partial charge is 0.477 e. The van der Waals surface area contributed by atoms with Crippen molar-refractivity contribution in [3.63, 3.8) is 0 Å². The van der Waals surface area contributed by atoms with E-state index in [-0.39, 0.29) is 22.1 Å². The summed E-state index contributed by atoms with van der Waals surface area (Å²) in [6.07, 6.45) is 1.66. The van der Waals surface area contributed by atoms with Crippen LogP contribution in [0.25, 0.3) is 10.2 Å². The maximum atomic E-state index is 11.6. The van der Waals surface area contributed by atoms with Crippen molar-refractivity contribution < 1.29 is 18.3 Å². The summed E-state index contributed by atoms with van der Waals surface area (Å²) in [7, 11) is -2.96. The standard InChI is InChI=1S/C15H19N3O4S2/c1-2-3-9-8-10(18-4-6-24(21,22)7-5-18)17-14-11(9)12(16)13(23-14)15(19)20/h8H,2-7,16H2,1H3,(H,19,20). The number of thiophene rings is 1. The van der Waals surface area contributed by atoms with Crippen LogP contribution < -0.4 is 10.6 Å². The van der Waals surface area contributed by atoms with E-state index in [0.717, 1.165) is 29.7 Å². The molecule has 1 fully saturated rings. The summed E-state index contributed by atoms with van der Waals surface area (Å²) >= 11 is 1.07. The van der Waals surface area contributed by atoms with Crippen molar-refractivity contribution in [1.29, 1.82) is 0 Å². The lowest BCUT2D eigenvalue weighted by molar-refractivity contribution is 0.0703. The van der Waals surface area contributed by atoms with Crippen molar-refractivity contribution in [1.82, 2.24) is 4.98 Å². The highest BCUT2D eigenvalue weighted by atomic mass is 32.2. The number of anilines is 2. The van der Waals surface area contributed by atoms with Crippen LogP contribution in [0.5, 0.6) is 0 Å². The molecule has 0 unspecified atom stereocenters. The highest BCUT2D eigenvalue weighted by molar-refractivity contribution is 7.91. The minimum Gasteiger partial charge on any atom is -0.477 e. The predicted molar refractivity (Wildman–Crippen MR) is 95.9 cm³/mol. The molecular weight excluding hydrogens is 350 g/mol. The summed E-state index contributed by atoms with van der Waals surface area (Å²) in [5.74, 6) is -0.131. The normalized spacial score (nSPS) is 17.3. The molecule has 9 heteroatoms. The van der Waals surface area contributed by atoms with Gasteiger partial charge in [-0.1, -0.05) is 13.3 Å². The number of pyridine rings is 1. The molecule has 0 saturated carbocycles. The molecule has 0 atom stereocenters. The molecule has 0 spiro atoms. The van der Waals surface area contributed by atoms with Crippen LogP contribution in [-0.4, -0.2) is 49.1 Å². The van der Waals surface area contributed by atoms with Gasteiger partial charge in [0.1, 0.15) is 15.5 Å². The Morgan fingerprint density at radius 2 is 2.08 bits per heavy atom. The highest BCUT2D eigenvalue weighted by Gasteiger charge is 2.25. The number of hydrogen-bond donors (Lipinski definition) is 2. The van der Waals surface area contributed by atoms with Crippen LogP contribution in [0.4, 0.5) is 11.5 Å². The molecule has 7 nitrogen and oxygen atoms in total. The third-order valence-corrected chi connectivity index (χ3v) is 6.85. The summed E-state index contributed by atoms with van der Waals surface area (Å²) < 4.78 is 23.2.